The maximum absolute atomic E-state index is 12.0. The summed E-state index contributed by atoms with van der Waals surface area (Å²) >= 11 is 3.08. The second-order valence-corrected chi connectivity index (χ2v) is 5.14. The number of pyridine rings is 1. The third-order valence-electron chi connectivity index (χ3n) is 2.85. The summed E-state index contributed by atoms with van der Waals surface area (Å²) in [6.07, 6.45) is 4.05. The number of nitrogens with one attached hydrogen (secondary N) is 1. The van der Waals surface area contributed by atoms with Crippen LogP contribution in [0.25, 0.3) is 0 Å². The quantitative estimate of drug-likeness (QED) is 0.664. The molecule has 1 heterocycles. The molecule has 1 amide bonds. The van der Waals surface area contributed by atoms with E-state index in [1.165, 1.54) is 12.1 Å². The molecule has 21 heavy (non-hydrogen) atoms. The number of nitro benzene ring substituents is 1. The van der Waals surface area contributed by atoms with E-state index in [9.17, 15) is 14.9 Å². The van der Waals surface area contributed by atoms with Gasteiger partial charge >= 0.3 is 0 Å². The smallest absolute Gasteiger partial charge is 0.284 e. The van der Waals surface area contributed by atoms with Crippen LogP contribution in [-0.2, 0) is 6.42 Å². The number of hydrogen-bond acceptors (Lipinski definition) is 4. The van der Waals surface area contributed by atoms with E-state index in [1.54, 1.807) is 18.5 Å². The first-order chi connectivity index (χ1) is 10.1. The highest BCUT2D eigenvalue weighted by Crippen LogP contribution is 2.25. The van der Waals surface area contributed by atoms with Crippen LogP contribution in [0.2, 0.25) is 0 Å². The van der Waals surface area contributed by atoms with Gasteiger partial charge in [-0.1, -0.05) is 0 Å². The Hall–Kier alpha value is -2.28. The fraction of sp³-hybridized carbons (Fsp3) is 0.143. The molecule has 0 fully saturated rings. The summed E-state index contributed by atoms with van der Waals surface area (Å²) in [5.41, 5.74) is 1.20. The number of halogens is 1. The number of nitro groups is 1. The third-order valence-corrected chi connectivity index (χ3v) is 3.52. The molecule has 2 rings (SSSR count). The van der Waals surface area contributed by atoms with Crippen molar-refractivity contribution in [2.24, 2.45) is 0 Å². The standard InChI is InChI=1S/C14H12BrN3O3/c15-12-2-1-11(9-13(12)18(20)21)14(19)17-8-5-10-3-6-16-7-4-10/h1-4,6-7,9H,5,8H2,(H,17,19). The molecule has 0 bridgehead atoms. The second-order valence-electron chi connectivity index (χ2n) is 4.28. The van der Waals surface area contributed by atoms with Crippen LogP contribution in [-0.4, -0.2) is 22.4 Å². The summed E-state index contributed by atoms with van der Waals surface area (Å²) in [5.74, 6) is -0.334. The molecule has 108 valence electrons. The molecule has 6 nitrogen and oxygen atoms in total. The molecule has 1 N–H and O–H groups in total. The number of carbonyl (C=O) groups excluding carboxylic acids is 1. The minimum Gasteiger partial charge on any atom is -0.352 e. The van der Waals surface area contributed by atoms with Gasteiger partial charge in [-0.3, -0.25) is 19.9 Å². The van der Waals surface area contributed by atoms with Crippen LogP contribution in [0, 0.1) is 10.1 Å². The molecule has 0 unspecified atom stereocenters. The zero-order valence-electron chi connectivity index (χ0n) is 11.0. The lowest BCUT2D eigenvalue weighted by Crippen LogP contribution is -2.25. The van der Waals surface area contributed by atoms with Gasteiger partial charge in [0.15, 0.2) is 0 Å². The Morgan fingerprint density at radius 2 is 2.00 bits per heavy atom. The molecule has 0 saturated carbocycles. The molecule has 0 aliphatic rings. The Morgan fingerprint density at radius 1 is 1.29 bits per heavy atom. The summed E-state index contributed by atoms with van der Waals surface area (Å²) in [6, 6.07) is 8.04. The number of aromatic nitrogens is 1. The van der Waals surface area contributed by atoms with Gasteiger partial charge in [0, 0.05) is 30.6 Å². The van der Waals surface area contributed by atoms with Gasteiger partial charge in [-0.25, -0.2) is 0 Å². The van der Waals surface area contributed by atoms with Gasteiger partial charge in [-0.05, 0) is 52.2 Å². The van der Waals surface area contributed by atoms with Crippen LogP contribution in [0.5, 0.6) is 0 Å². The molecule has 0 atom stereocenters. The van der Waals surface area contributed by atoms with Crippen molar-refractivity contribution in [1.29, 1.82) is 0 Å². The largest absolute Gasteiger partial charge is 0.352 e. The Balaban J connectivity index is 1.97. The number of hydrogen-bond donors (Lipinski definition) is 1. The summed E-state index contributed by atoms with van der Waals surface area (Å²) in [5, 5.41) is 13.6. The van der Waals surface area contributed by atoms with E-state index in [4.69, 9.17) is 0 Å². The van der Waals surface area contributed by atoms with Crippen LogP contribution in [0.3, 0.4) is 0 Å². The molecule has 0 aliphatic carbocycles. The number of rotatable bonds is 5. The Labute approximate surface area is 129 Å². The summed E-state index contributed by atoms with van der Waals surface area (Å²) in [7, 11) is 0. The second kappa shape index (κ2) is 6.94. The first-order valence-electron chi connectivity index (χ1n) is 6.19. The van der Waals surface area contributed by atoms with Crippen LogP contribution >= 0.6 is 15.9 Å². The van der Waals surface area contributed by atoms with Crippen molar-refractivity contribution in [3.8, 4) is 0 Å². The van der Waals surface area contributed by atoms with Crippen molar-refractivity contribution in [2.45, 2.75) is 6.42 Å². The van der Waals surface area contributed by atoms with Crippen LogP contribution in [0.4, 0.5) is 5.69 Å². The Kier molecular flexibility index (Phi) is 4.99. The molecule has 1 aromatic carbocycles. The lowest BCUT2D eigenvalue weighted by Gasteiger charge is -2.06. The molecular weight excluding hydrogens is 338 g/mol. The van der Waals surface area contributed by atoms with E-state index >= 15 is 0 Å². The average molecular weight is 350 g/mol. The Bertz CT molecular complexity index is 662. The summed E-state index contributed by atoms with van der Waals surface area (Å²) in [4.78, 5) is 26.2. The van der Waals surface area contributed by atoms with Gasteiger partial charge in [0.2, 0.25) is 0 Å². The molecule has 2 aromatic rings. The zero-order chi connectivity index (χ0) is 15.2. The van der Waals surface area contributed by atoms with E-state index < -0.39 is 4.92 Å². The molecular formula is C14H12BrN3O3. The predicted molar refractivity (Wildman–Crippen MR) is 81.1 cm³/mol. The topological polar surface area (TPSA) is 85.1 Å². The fourth-order valence-corrected chi connectivity index (χ4v) is 2.16. The summed E-state index contributed by atoms with van der Waals surface area (Å²) < 4.78 is 0.348. The van der Waals surface area contributed by atoms with E-state index in [-0.39, 0.29) is 17.2 Å². The van der Waals surface area contributed by atoms with Crippen LogP contribution in [0.15, 0.2) is 47.2 Å². The Morgan fingerprint density at radius 3 is 2.67 bits per heavy atom. The maximum atomic E-state index is 12.0. The predicted octanol–water partition coefficient (Wildman–Crippen LogP) is 2.72. The van der Waals surface area contributed by atoms with Crippen molar-refractivity contribution < 1.29 is 9.72 Å². The van der Waals surface area contributed by atoms with Crippen molar-refractivity contribution in [3.63, 3.8) is 0 Å². The van der Waals surface area contributed by atoms with Gasteiger partial charge < -0.3 is 5.32 Å². The SMILES string of the molecule is O=C(NCCc1ccncc1)c1ccc(Br)c([N+](=O)[O-])c1. The molecule has 0 spiro atoms. The van der Waals surface area contributed by atoms with Gasteiger partial charge in [0.05, 0.1) is 9.40 Å². The maximum Gasteiger partial charge on any atom is 0.284 e. The van der Waals surface area contributed by atoms with Crippen molar-refractivity contribution in [2.75, 3.05) is 6.54 Å². The van der Waals surface area contributed by atoms with Crippen molar-refractivity contribution >= 4 is 27.5 Å². The minimum atomic E-state index is -0.530. The third kappa shape index (κ3) is 4.09. The number of nitrogens with zero attached hydrogens (tertiary/aromatic N) is 2. The van der Waals surface area contributed by atoms with Crippen LogP contribution in [0.1, 0.15) is 15.9 Å². The highest BCUT2D eigenvalue weighted by atomic mass is 79.9. The first kappa shape index (κ1) is 15.1. The van der Waals surface area contributed by atoms with E-state index in [2.05, 4.69) is 26.2 Å². The monoisotopic (exact) mass is 349 g/mol. The lowest BCUT2D eigenvalue weighted by atomic mass is 10.1. The van der Waals surface area contributed by atoms with E-state index in [1.807, 2.05) is 12.1 Å². The van der Waals surface area contributed by atoms with E-state index in [0.717, 1.165) is 5.56 Å². The molecule has 7 heteroatoms. The minimum absolute atomic E-state index is 0.128. The molecule has 1 aromatic heterocycles. The lowest BCUT2D eigenvalue weighted by molar-refractivity contribution is -0.385. The van der Waals surface area contributed by atoms with Gasteiger partial charge in [0.1, 0.15) is 0 Å². The van der Waals surface area contributed by atoms with Crippen molar-refractivity contribution in [1.82, 2.24) is 10.3 Å². The number of benzene rings is 1. The number of amides is 1. The van der Waals surface area contributed by atoms with Crippen LogP contribution < -0.4 is 5.32 Å². The van der Waals surface area contributed by atoms with Gasteiger partial charge in [-0.15, -0.1) is 0 Å². The normalized spacial score (nSPS) is 10.1. The number of carbonyl (C=O) groups is 1. The molecule has 0 aliphatic heterocycles. The van der Waals surface area contributed by atoms with E-state index in [0.29, 0.717) is 17.4 Å². The highest BCUT2D eigenvalue weighted by molar-refractivity contribution is 9.10. The van der Waals surface area contributed by atoms with Gasteiger partial charge in [0.25, 0.3) is 11.6 Å². The summed E-state index contributed by atoms with van der Waals surface area (Å²) in [6.45, 7) is 0.451. The zero-order valence-corrected chi connectivity index (χ0v) is 12.5. The van der Waals surface area contributed by atoms with Gasteiger partial charge in [-0.2, -0.15) is 0 Å². The first-order valence-corrected chi connectivity index (χ1v) is 6.98. The molecule has 0 radical (unpaired) electrons. The molecule has 0 saturated heterocycles. The van der Waals surface area contributed by atoms with Crippen molar-refractivity contribution in [3.05, 3.63) is 68.4 Å². The highest BCUT2D eigenvalue weighted by Gasteiger charge is 2.15. The average Bonchev–Trinajstić information content (AvgIpc) is 2.48. The fourth-order valence-electron chi connectivity index (χ4n) is 1.77.